The van der Waals surface area contributed by atoms with Gasteiger partial charge in [0.25, 0.3) is 0 Å². The van der Waals surface area contributed by atoms with Crippen LogP contribution in [-0.4, -0.2) is 30.3 Å². The molecule has 1 rings (SSSR count). The van der Waals surface area contributed by atoms with Gasteiger partial charge in [-0.1, -0.05) is 25.4 Å². The SMILES string of the molecule is CCN(CC)CCSc1ccc(Cl)cc1CN. The molecule has 1 aromatic rings. The van der Waals surface area contributed by atoms with E-state index in [1.54, 1.807) is 0 Å². The second-order valence-corrected chi connectivity index (χ2v) is 5.40. The normalized spacial score (nSPS) is 11.1. The molecule has 0 heterocycles. The zero-order chi connectivity index (χ0) is 12.7. The molecule has 0 atom stereocenters. The van der Waals surface area contributed by atoms with E-state index in [0.717, 1.165) is 36.0 Å². The maximum absolute atomic E-state index is 5.95. The van der Waals surface area contributed by atoms with Crippen LogP contribution in [0, 0.1) is 0 Å². The number of nitrogens with two attached hydrogens (primary N) is 1. The molecule has 0 radical (unpaired) electrons. The average molecular weight is 273 g/mol. The van der Waals surface area contributed by atoms with E-state index in [1.807, 2.05) is 23.9 Å². The van der Waals surface area contributed by atoms with Crippen LogP contribution in [-0.2, 0) is 6.54 Å². The number of hydrogen-bond donors (Lipinski definition) is 1. The van der Waals surface area contributed by atoms with Gasteiger partial charge < -0.3 is 10.6 Å². The fraction of sp³-hybridized carbons (Fsp3) is 0.538. The minimum Gasteiger partial charge on any atom is -0.326 e. The molecule has 0 bridgehead atoms. The van der Waals surface area contributed by atoms with Gasteiger partial charge in [0, 0.05) is 28.8 Å². The van der Waals surface area contributed by atoms with Crippen molar-refractivity contribution in [2.24, 2.45) is 5.73 Å². The second kappa shape index (κ2) is 7.98. The minimum absolute atomic E-state index is 0.550. The standard InChI is InChI=1S/C13H21ClN2S/c1-3-16(4-2)7-8-17-13-6-5-12(14)9-11(13)10-15/h5-6,9H,3-4,7-8,10,15H2,1-2H3. The summed E-state index contributed by atoms with van der Waals surface area (Å²) in [6.45, 7) is 8.28. The molecule has 2 nitrogen and oxygen atoms in total. The Bertz CT molecular complexity index is 340. The summed E-state index contributed by atoms with van der Waals surface area (Å²) in [5.74, 6) is 1.09. The van der Waals surface area contributed by atoms with Crippen LogP contribution in [0.25, 0.3) is 0 Å². The lowest BCUT2D eigenvalue weighted by atomic mass is 10.2. The van der Waals surface area contributed by atoms with Gasteiger partial charge in [0.2, 0.25) is 0 Å². The van der Waals surface area contributed by atoms with Crippen molar-refractivity contribution in [3.63, 3.8) is 0 Å². The van der Waals surface area contributed by atoms with Crippen molar-refractivity contribution in [2.75, 3.05) is 25.4 Å². The molecule has 1 aromatic carbocycles. The van der Waals surface area contributed by atoms with E-state index in [0.29, 0.717) is 6.54 Å². The predicted molar refractivity (Wildman–Crippen MR) is 77.9 cm³/mol. The summed E-state index contributed by atoms with van der Waals surface area (Å²) >= 11 is 7.81. The monoisotopic (exact) mass is 272 g/mol. The first-order chi connectivity index (χ1) is 8.21. The van der Waals surface area contributed by atoms with Crippen LogP contribution in [0.4, 0.5) is 0 Å². The summed E-state index contributed by atoms with van der Waals surface area (Å²) < 4.78 is 0. The van der Waals surface area contributed by atoms with Gasteiger partial charge in [-0.15, -0.1) is 11.8 Å². The van der Waals surface area contributed by atoms with Crippen LogP contribution >= 0.6 is 23.4 Å². The maximum atomic E-state index is 5.95. The number of nitrogens with zero attached hydrogens (tertiary/aromatic N) is 1. The van der Waals surface area contributed by atoms with Crippen molar-refractivity contribution >= 4 is 23.4 Å². The van der Waals surface area contributed by atoms with E-state index in [-0.39, 0.29) is 0 Å². The Morgan fingerprint density at radius 2 is 2.00 bits per heavy atom. The fourth-order valence-corrected chi connectivity index (χ4v) is 2.93. The van der Waals surface area contributed by atoms with Crippen LogP contribution in [0.1, 0.15) is 19.4 Å². The Balaban J connectivity index is 2.51. The van der Waals surface area contributed by atoms with Gasteiger partial charge in [-0.3, -0.25) is 0 Å². The lowest BCUT2D eigenvalue weighted by Crippen LogP contribution is -2.25. The molecule has 0 aliphatic rings. The fourth-order valence-electron chi connectivity index (χ4n) is 1.67. The van der Waals surface area contributed by atoms with Gasteiger partial charge >= 0.3 is 0 Å². The highest BCUT2D eigenvalue weighted by atomic mass is 35.5. The largest absolute Gasteiger partial charge is 0.326 e. The number of halogens is 1. The Morgan fingerprint density at radius 1 is 1.29 bits per heavy atom. The van der Waals surface area contributed by atoms with Gasteiger partial charge in [0.1, 0.15) is 0 Å². The minimum atomic E-state index is 0.550. The maximum Gasteiger partial charge on any atom is 0.0410 e. The van der Waals surface area contributed by atoms with E-state index in [2.05, 4.69) is 24.8 Å². The number of hydrogen-bond acceptors (Lipinski definition) is 3. The van der Waals surface area contributed by atoms with E-state index >= 15 is 0 Å². The van der Waals surface area contributed by atoms with Crippen molar-refractivity contribution in [2.45, 2.75) is 25.3 Å². The summed E-state index contributed by atoms with van der Waals surface area (Å²) in [5, 5.41) is 0.763. The Labute approximate surface area is 114 Å². The van der Waals surface area contributed by atoms with E-state index in [9.17, 15) is 0 Å². The predicted octanol–water partition coefficient (Wildman–Crippen LogP) is 3.23. The van der Waals surface area contributed by atoms with Crippen LogP contribution in [0.3, 0.4) is 0 Å². The number of benzene rings is 1. The Kier molecular flexibility index (Phi) is 6.97. The highest BCUT2D eigenvalue weighted by Crippen LogP contribution is 2.25. The van der Waals surface area contributed by atoms with Gasteiger partial charge in [0.05, 0.1) is 0 Å². The lowest BCUT2D eigenvalue weighted by molar-refractivity contribution is 0.324. The summed E-state index contributed by atoms with van der Waals surface area (Å²) in [5.41, 5.74) is 6.86. The highest BCUT2D eigenvalue weighted by Gasteiger charge is 2.04. The van der Waals surface area contributed by atoms with Gasteiger partial charge in [0.15, 0.2) is 0 Å². The topological polar surface area (TPSA) is 29.3 Å². The number of thioether (sulfide) groups is 1. The van der Waals surface area contributed by atoms with E-state index in [1.165, 1.54) is 4.90 Å². The molecule has 2 N–H and O–H groups in total. The van der Waals surface area contributed by atoms with Crippen molar-refractivity contribution in [3.05, 3.63) is 28.8 Å². The van der Waals surface area contributed by atoms with Crippen LogP contribution in [0.5, 0.6) is 0 Å². The quantitative estimate of drug-likeness (QED) is 0.773. The van der Waals surface area contributed by atoms with Crippen molar-refractivity contribution < 1.29 is 0 Å². The van der Waals surface area contributed by atoms with E-state index in [4.69, 9.17) is 17.3 Å². The molecule has 0 spiro atoms. The third-order valence-corrected chi connectivity index (χ3v) is 4.13. The molecule has 17 heavy (non-hydrogen) atoms. The molecular formula is C13H21ClN2S. The van der Waals surface area contributed by atoms with Gasteiger partial charge in [-0.05, 0) is 36.9 Å². The zero-order valence-corrected chi connectivity index (χ0v) is 12.2. The molecule has 0 saturated carbocycles. The molecular weight excluding hydrogens is 252 g/mol. The summed E-state index contributed by atoms with van der Waals surface area (Å²) in [6, 6.07) is 5.96. The molecule has 0 fully saturated rings. The smallest absolute Gasteiger partial charge is 0.0410 e. The lowest BCUT2D eigenvalue weighted by Gasteiger charge is -2.17. The molecule has 0 unspecified atom stereocenters. The zero-order valence-electron chi connectivity index (χ0n) is 10.6. The van der Waals surface area contributed by atoms with Gasteiger partial charge in [-0.2, -0.15) is 0 Å². The van der Waals surface area contributed by atoms with Gasteiger partial charge in [-0.25, -0.2) is 0 Å². The average Bonchev–Trinajstić information content (AvgIpc) is 2.36. The summed E-state index contributed by atoms with van der Waals surface area (Å²) in [7, 11) is 0. The second-order valence-electron chi connectivity index (χ2n) is 3.83. The third-order valence-electron chi connectivity index (χ3n) is 2.80. The Hall–Kier alpha value is -0.220. The van der Waals surface area contributed by atoms with Crippen molar-refractivity contribution in [1.82, 2.24) is 4.90 Å². The number of rotatable bonds is 7. The molecule has 0 aliphatic carbocycles. The van der Waals surface area contributed by atoms with Crippen molar-refractivity contribution in [1.29, 1.82) is 0 Å². The van der Waals surface area contributed by atoms with Crippen LogP contribution < -0.4 is 5.73 Å². The first-order valence-corrected chi connectivity index (χ1v) is 7.41. The third kappa shape index (κ3) is 4.88. The van der Waals surface area contributed by atoms with Crippen molar-refractivity contribution in [3.8, 4) is 0 Å². The first-order valence-electron chi connectivity index (χ1n) is 6.04. The summed E-state index contributed by atoms with van der Waals surface area (Å²) in [6.07, 6.45) is 0. The molecule has 0 aliphatic heterocycles. The summed E-state index contributed by atoms with van der Waals surface area (Å²) in [4.78, 5) is 3.68. The highest BCUT2D eigenvalue weighted by molar-refractivity contribution is 7.99. The first kappa shape index (κ1) is 14.8. The van der Waals surface area contributed by atoms with Crippen LogP contribution in [0.2, 0.25) is 5.02 Å². The molecule has 0 amide bonds. The Morgan fingerprint density at radius 3 is 2.59 bits per heavy atom. The molecule has 4 heteroatoms. The molecule has 0 saturated heterocycles. The molecule has 96 valence electrons. The molecule has 0 aromatic heterocycles. The van der Waals surface area contributed by atoms with Crippen LogP contribution in [0.15, 0.2) is 23.1 Å². The van der Waals surface area contributed by atoms with E-state index < -0.39 is 0 Å².